The molecule has 5 nitrogen and oxygen atoms in total. The minimum absolute atomic E-state index is 0.0931. The van der Waals surface area contributed by atoms with Crippen molar-refractivity contribution in [2.45, 2.75) is 38.6 Å². The van der Waals surface area contributed by atoms with Crippen molar-refractivity contribution in [1.82, 2.24) is 0 Å². The first kappa shape index (κ1) is 11.8. The van der Waals surface area contributed by atoms with Crippen LogP contribution in [0.1, 0.15) is 33.1 Å². The summed E-state index contributed by atoms with van der Waals surface area (Å²) in [6.45, 7) is 2.72. The number of nitro groups is 1. The van der Waals surface area contributed by atoms with Crippen LogP contribution in [-0.2, 0) is 4.79 Å². The van der Waals surface area contributed by atoms with Crippen LogP contribution in [0.5, 0.6) is 0 Å². The Hall–Kier alpha value is -1.23. The maximum absolute atomic E-state index is 11.2. The van der Waals surface area contributed by atoms with Gasteiger partial charge < -0.3 is 5.11 Å². The summed E-state index contributed by atoms with van der Waals surface area (Å²) < 4.78 is 0. The van der Waals surface area contributed by atoms with E-state index in [1.807, 2.05) is 0 Å². The summed E-state index contributed by atoms with van der Waals surface area (Å²) in [7, 11) is 0. The normalized spacial score (nSPS) is 26.6. The van der Waals surface area contributed by atoms with Crippen molar-refractivity contribution in [3.63, 3.8) is 0 Å². The van der Waals surface area contributed by atoms with E-state index >= 15 is 0 Å². The average Bonchev–Trinajstić information content (AvgIpc) is 2.16. The van der Waals surface area contributed by atoms with Crippen molar-refractivity contribution in [1.29, 1.82) is 0 Å². The average molecular weight is 213 g/mol. The van der Waals surface area contributed by atoms with Gasteiger partial charge in [-0.05, 0) is 24.5 Å². The number of ketones is 1. The lowest BCUT2D eigenvalue weighted by Crippen LogP contribution is -2.39. The van der Waals surface area contributed by atoms with Gasteiger partial charge in [-0.2, -0.15) is 0 Å². The number of hydrogen-bond donors (Lipinski definition) is 1. The minimum atomic E-state index is -1.03. The maximum Gasteiger partial charge on any atom is 0.223 e. The summed E-state index contributed by atoms with van der Waals surface area (Å²) in [6, 6.07) is 0. The second-order valence-corrected chi connectivity index (χ2v) is 4.23. The van der Waals surface area contributed by atoms with Gasteiger partial charge >= 0.3 is 0 Å². The summed E-state index contributed by atoms with van der Waals surface area (Å²) in [4.78, 5) is 21.7. The quantitative estimate of drug-likeness (QED) is 0.562. The Kier molecular flexibility index (Phi) is 3.24. The van der Waals surface area contributed by atoms with Crippen molar-refractivity contribution < 1.29 is 14.8 Å². The number of hydrogen-bond acceptors (Lipinski definition) is 4. The SMILES string of the molecule is CC(=O)C1=C(CO)CC(C)([N+](=O)[O-])CC1. The van der Waals surface area contributed by atoms with Gasteiger partial charge in [0.1, 0.15) is 0 Å². The lowest BCUT2D eigenvalue weighted by atomic mass is 9.79. The predicted molar refractivity (Wildman–Crippen MR) is 54.0 cm³/mol. The highest BCUT2D eigenvalue weighted by atomic mass is 16.6. The lowest BCUT2D eigenvalue weighted by Gasteiger charge is -2.28. The number of aliphatic hydroxyl groups excluding tert-OH is 1. The third kappa shape index (κ3) is 2.23. The Labute approximate surface area is 87.9 Å². The van der Waals surface area contributed by atoms with Gasteiger partial charge in [0.25, 0.3) is 0 Å². The van der Waals surface area contributed by atoms with E-state index in [0.29, 0.717) is 24.0 Å². The van der Waals surface area contributed by atoms with E-state index in [1.54, 1.807) is 6.92 Å². The molecule has 0 aliphatic heterocycles. The van der Waals surface area contributed by atoms with Crippen molar-refractivity contribution >= 4 is 5.78 Å². The number of aliphatic hydroxyl groups is 1. The van der Waals surface area contributed by atoms with Crippen LogP contribution in [0.15, 0.2) is 11.1 Å². The number of carbonyl (C=O) groups excluding carboxylic acids is 1. The lowest BCUT2D eigenvalue weighted by molar-refractivity contribution is -0.566. The molecule has 1 aliphatic rings. The maximum atomic E-state index is 11.2. The van der Waals surface area contributed by atoms with Crippen molar-refractivity contribution in [3.05, 3.63) is 21.3 Å². The Balaban J connectivity index is 3.00. The first-order valence-corrected chi connectivity index (χ1v) is 4.88. The molecule has 1 atom stereocenters. The molecule has 0 saturated carbocycles. The van der Waals surface area contributed by atoms with Crippen LogP contribution < -0.4 is 0 Å². The Morgan fingerprint density at radius 2 is 2.27 bits per heavy atom. The van der Waals surface area contributed by atoms with Crippen molar-refractivity contribution in [2.24, 2.45) is 0 Å². The fraction of sp³-hybridized carbons (Fsp3) is 0.700. The Bertz CT molecular complexity index is 334. The molecular formula is C10H15NO4. The highest BCUT2D eigenvalue weighted by Gasteiger charge is 2.41. The molecule has 0 bridgehead atoms. The molecule has 0 aromatic rings. The van der Waals surface area contributed by atoms with Gasteiger partial charge in [-0.15, -0.1) is 0 Å². The minimum Gasteiger partial charge on any atom is -0.392 e. The van der Waals surface area contributed by atoms with Crippen LogP contribution in [0.2, 0.25) is 0 Å². The summed E-state index contributed by atoms with van der Waals surface area (Å²) in [5.41, 5.74) is 0.0570. The first-order valence-electron chi connectivity index (χ1n) is 4.88. The fourth-order valence-corrected chi connectivity index (χ4v) is 1.96. The van der Waals surface area contributed by atoms with Crippen LogP contribution in [0.3, 0.4) is 0 Å². The van der Waals surface area contributed by atoms with Crippen LogP contribution in [0, 0.1) is 10.1 Å². The van der Waals surface area contributed by atoms with E-state index in [1.165, 1.54) is 6.92 Å². The van der Waals surface area contributed by atoms with Crippen LogP contribution in [0.4, 0.5) is 0 Å². The molecule has 5 heteroatoms. The molecule has 0 spiro atoms. The molecule has 0 aromatic heterocycles. The van der Waals surface area contributed by atoms with Gasteiger partial charge in [0.05, 0.1) is 6.61 Å². The molecule has 0 aromatic carbocycles. The third-order valence-corrected chi connectivity index (χ3v) is 2.99. The molecule has 1 rings (SSSR count). The number of Topliss-reactive ketones (excluding diaryl/α,β-unsaturated/α-hetero) is 1. The zero-order valence-corrected chi connectivity index (χ0v) is 8.95. The zero-order chi connectivity index (χ0) is 11.6. The van der Waals surface area contributed by atoms with Crippen LogP contribution in [0.25, 0.3) is 0 Å². The molecule has 0 radical (unpaired) electrons. The largest absolute Gasteiger partial charge is 0.392 e. The van der Waals surface area contributed by atoms with Gasteiger partial charge in [0, 0.05) is 24.7 Å². The van der Waals surface area contributed by atoms with Gasteiger partial charge in [-0.3, -0.25) is 14.9 Å². The van der Waals surface area contributed by atoms with E-state index < -0.39 is 5.54 Å². The van der Waals surface area contributed by atoms with E-state index in [0.717, 1.165) is 0 Å². The van der Waals surface area contributed by atoms with Gasteiger partial charge in [0.2, 0.25) is 5.54 Å². The summed E-state index contributed by atoms with van der Waals surface area (Å²) >= 11 is 0. The standard InChI is InChI=1S/C10H15NO4/c1-7(13)9-3-4-10(2,11(14)15)5-8(9)6-12/h12H,3-6H2,1-2H3. The molecule has 1 aliphatic carbocycles. The molecule has 0 fully saturated rings. The smallest absolute Gasteiger partial charge is 0.223 e. The highest BCUT2D eigenvalue weighted by molar-refractivity contribution is 5.94. The summed E-state index contributed by atoms with van der Waals surface area (Å²) in [5.74, 6) is -0.0931. The molecule has 84 valence electrons. The molecule has 1 unspecified atom stereocenters. The van der Waals surface area contributed by atoms with E-state index in [-0.39, 0.29) is 23.7 Å². The van der Waals surface area contributed by atoms with Crippen LogP contribution >= 0.6 is 0 Å². The second-order valence-electron chi connectivity index (χ2n) is 4.23. The topological polar surface area (TPSA) is 80.4 Å². The molecular weight excluding hydrogens is 198 g/mol. The number of carbonyl (C=O) groups is 1. The van der Waals surface area contributed by atoms with Crippen LogP contribution in [-0.4, -0.2) is 28.0 Å². The fourth-order valence-electron chi connectivity index (χ4n) is 1.96. The number of nitrogens with zero attached hydrogens (tertiary/aromatic N) is 1. The van der Waals surface area contributed by atoms with Crippen molar-refractivity contribution in [2.75, 3.05) is 6.61 Å². The highest BCUT2D eigenvalue weighted by Crippen LogP contribution is 2.34. The van der Waals surface area contributed by atoms with Gasteiger partial charge in [-0.1, -0.05) is 0 Å². The summed E-state index contributed by atoms with van der Waals surface area (Å²) in [5, 5.41) is 19.9. The van der Waals surface area contributed by atoms with Gasteiger partial charge in [0.15, 0.2) is 5.78 Å². The molecule has 0 amide bonds. The number of rotatable bonds is 3. The second kappa shape index (κ2) is 4.10. The van der Waals surface area contributed by atoms with Crippen molar-refractivity contribution in [3.8, 4) is 0 Å². The van der Waals surface area contributed by atoms with E-state index in [4.69, 9.17) is 5.11 Å². The first-order chi connectivity index (χ1) is 6.90. The zero-order valence-electron chi connectivity index (χ0n) is 8.95. The Morgan fingerprint density at radius 1 is 1.67 bits per heavy atom. The molecule has 1 N–H and O–H groups in total. The third-order valence-electron chi connectivity index (χ3n) is 2.99. The summed E-state index contributed by atoms with van der Waals surface area (Å²) in [6.07, 6.45) is 0.923. The van der Waals surface area contributed by atoms with E-state index in [9.17, 15) is 14.9 Å². The Morgan fingerprint density at radius 3 is 2.67 bits per heavy atom. The van der Waals surface area contributed by atoms with Gasteiger partial charge in [-0.25, -0.2) is 0 Å². The predicted octanol–water partition coefficient (Wildman–Crippen LogP) is 1.08. The molecule has 0 heterocycles. The van der Waals surface area contributed by atoms with E-state index in [2.05, 4.69) is 0 Å². The monoisotopic (exact) mass is 213 g/mol. The molecule has 0 saturated heterocycles. The number of allylic oxidation sites excluding steroid dienone is 1. The molecule has 15 heavy (non-hydrogen) atoms.